The van der Waals surface area contributed by atoms with E-state index in [1.165, 1.54) is 4.68 Å². The highest BCUT2D eigenvalue weighted by atomic mass is 16.2. The normalized spacial score (nSPS) is 14.8. The van der Waals surface area contributed by atoms with Gasteiger partial charge in [0.25, 0.3) is 5.56 Å². The van der Waals surface area contributed by atoms with Gasteiger partial charge in [-0.1, -0.05) is 6.07 Å². The Morgan fingerprint density at radius 2 is 2.00 bits per heavy atom. The molecule has 0 radical (unpaired) electrons. The molecular weight excluding hydrogens is 294 g/mol. The zero-order valence-corrected chi connectivity index (χ0v) is 13.1. The number of aromatic nitrogens is 3. The first kappa shape index (κ1) is 15.2. The van der Waals surface area contributed by atoms with Gasteiger partial charge in [-0.15, -0.1) is 0 Å². The molecule has 1 fully saturated rings. The van der Waals surface area contributed by atoms with Crippen molar-refractivity contribution < 1.29 is 4.79 Å². The summed E-state index contributed by atoms with van der Waals surface area (Å²) in [6, 6.07) is 5.33. The monoisotopic (exact) mass is 313 g/mol. The van der Waals surface area contributed by atoms with Crippen LogP contribution in [0, 0.1) is 0 Å². The zero-order chi connectivity index (χ0) is 16.2. The van der Waals surface area contributed by atoms with Gasteiger partial charge in [0.05, 0.1) is 18.3 Å². The van der Waals surface area contributed by atoms with E-state index in [1.54, 1.807) is 31.7 Å². The topological polar surface area (TPSA) is 71.3 Å². The molecule has 3 rings (SSSR count). The molecule has 7 nitrogen and oxygen atoms in total. The van der Waals surface area contributed by atoms with Gasteiger partial charge in [-0.25, -0.2) is 4.68 Å². The Labute approximate surface area is 134 Å². The number of carbonyl (C=O) groups is 1. The Balaban J connectivity index is 1.58. The number of pyridine rings is 1. The van der Waals surface area contributed by atoms with E-state index in [2.05, 4.69) is 15.0 Å². The van der Waals surface area contributed by atoms with Crippen molar-refractivity contribution in [1.82, 2.24) is 19.7 Å². The maximum absolute atomic E-state index is 12.3. The lowest BCUT2D eigenvalue weighted by atomic mass is 10.2. The first-order chi connectivity index (χ1) is 11.1. The van der Waals surface area contributed by atoms with Crippen LogP contribution in [-0.4, -0.2) is 51.8 Å². The van der Waals surface area contributed by atoms with E-state index >= 15 is 0 Å². The van der Waals surface area contributed by atoms with Crippen LogP contribution < -0.4 is 10.5 Å². The van der Waals surface area contributed by atoms with Crippen LogP contribution in [0.25, 0.3) is 0 Å². The minimum absolute atomic E-state index is 0.111. The molecule has 0 saturated carbocycles. The number of hydrogen-bond donors (Lipinski definition) is 0. The molecule has 1 aliphatic rings. The van der Waals surface area contributed by atoms with Crippen molar-refractivity contribution in [2.45, 2.75) is 6.42 Å². The van der Waals surface area contributed by atoms with Crippen molar-refractivity contribution in [3.05, 3.63) is 52.7 Å². The van der Waals surface area contributed by atoms with Gasteiger partial charge in [-0.2, -0.15) is 5.10 Å². The van der Waals surface area contributed by atoms with Crippen LogP contribution in [0.2, 0.25) is 0 Å². The number of nitrogens with zero attached hydrogens (tertiary/aromatic N) is 5. The lowest BCUT2D eigenvalue weighted by Crippen LogP contribution is -2.49. The second-order valence-electron chi connectivity index (χ2n) is 5.58. The standard InChI is InChI=1S/C16H19N5O2/c1-19-15(22)10-14(12-18-19)20-5-7-21(8-6-20)16(23)9-13-3-2-4-17-11-13/h2-4,10-12H,5-9H2,1H3. The molecule has 1 saturated heterocycles. The molecule has 0 N–H and O–H groups in total. The molecule has 0 aliphatic carbocycles. The number of hydrogen-bond acceptors (Lipinski definition) is 5. The van der Waals surface area contributed by atoms with Crippen molar-refractivity contribution >= 4 is 11.6 Å². The molecule has 7 heteroatoms. The third-order valence-electron chi connectivity index (χ3n) is 4.03. The largest absolute Gasteiger partial charge is 0.367 e. The summed E-state index contributed by atoms with van der Waals surface area (Å²) in [5.41, 5.74) is 1.61. The molecule has 0 atom stereocenters. The van der Waals surface area contributed by atoms with Crippen molar-refractivity contribution in [1.29, 1.82) is 0 Å². The lowest BCUT2D eigenvalue weighted by Gasteiger charge is -2.35. The summed E-state index contributed by atoms with van der Waals surface area (Å²) >= 11 is 0. The maximum Gasteiger partial charge on any atom is 0.268 e. The van der Waals surface area contributed by atoms with E-state index in [0.717, 1.165) is 11.3 Å². The number of piperazine rings is 1. The van der Waals surface area contributed by atoms with Crippen LogP contribution in [0.1, 0.15) is 5.56 Å². The van der Waals surface area contributed by atoms with Gasteiger partial charge in [0.2, 0.25) is 5.91 Å². The van der Waals surface area contributed by atoms with Gasteiger partial charge in [-0.05, 0) is 11.6 Å². The Morgan fingerprint density at radius 1 is 1.22 bits per heavy atom. The molecule has 0 spiro atoms. The van der Waals surface area contributed by atoms with Gasteiger partial charge in [0.1, 0.15) is 0 Å². The van der Waals surface area contributed by atoms with Crippen molar-refractivity contribution in [2.75, 3.05) is 31.1 Å². The van der Waals surface area contributed by atoms with Gasteiger partial charge in [0.15, 0.2) is 0 Å². The van der Waals surface area contributed by atoms with E-state index in [9.17, 15) is 9.59 Å². The van der Waals surface area contributed by atoms with Crippen LogP contribution in [0.15, 0.2) is 41.6 Å². The summed E-state index contributed by atoms with van der Waals surface area (Å²) in [6.07, 6.45) is 5.49. The van der Waals surface area contributed by atoms with Crippen molar-refractivity contribution in [2.24, 2.45) is 7.05 Å². The quantitative estimate of drug-likeness (QED) is 0.802. The number of aryl methyl sites for hydroxylation is 1. The number of carbonyl (C=O) groups excluding carboxylic acids is 1. The summed E-state index contributed by atoms with van der Waals surface area (Å²) in [7, 11) is 1.63. The second-order valence-corrected chi connectivity index (χ2v) is 5.58. The molecular formula is C16H19N5O2. The minimum Gasteiger partial charge on any atom is -0.367 e. The third kappa shape index (κ3) is 3.56. The molecule has 120 valence electrons. The van der Waals surface area contributed by atoms with Crippen molar-refractivity contribution in [3.63, 3.8) is 0 Å². The fraction of sp³-hybridized carbons (Fsp3) is 0.375. The minimum atomic E-state index is -0.127. The smallest absolute Gasteiger partial charge is 0.268 e. The molecule has 0 aromatic carbocycles. The Kier molecular flexibility index (Phi) is 4.36. The molecule has 2 aromatic heterocycles. The third-order valence-corrected chi connectivity index (χ3v) is 4.03. The Bertz CT molecular complexity index is 736. The van der Waals surface area contributed by atoms with Crippen LogP contribution in [-0.2, 0) is 18.3 Å². The van der Waals surface area contributed by atoms with Gasteiger partial charge in [-0.3, -0.25) is 14.6 Å². The average Bonchev–Trinajstić information content (AvgIpc) is 2.58. The van der Waals surface area contributed by atoms with Crippen molar-refractivity contribution in [3.8, 4) is 0 Å². The van der Waals surface area contributed by atoms with Crippen LogP contribution in [0.4, 0.5) is 5.69 Å². The van der Waals surface area contributed by atoms with Crippen LogP contribution in [0.3, 0.4) is 0 Å². The number of amides is 1. The Morgan fingerprint density at radius 3 is 2.65 bits per heavy atom. The van der Waals surface area contributed by atoms with Gasteiger partial charge in [0, 0.05) is 51.7 Å². The fourth-order valence-electron chi connectivity index (χ4n) is 2.64. The second kappa shape index (κ2) is 6.60. The SMILES string of the molecule is Cn1ncc(N2CCN(C(=O)Cc3cccnc3)CC2)cc1=O. The molecule has 0 unspecified atom stereocenters. The maximum atomic E-state index is 12.3. The molecule has 2 aromatic rings. The van der Waals surface area contributed by atoms with E-state index in [4.69, 9.17) is 0 Å². The lowest BCUT2D eigenvalue weighted by molar-refractivity contribution is -0.130. The first-order valence-electron chi connectivity index (χ1n) is 7.58. The van der Waals surface area contributed by atoms with Crippen LogP contribution in [0.5, 0.6) is 0 Å². The summed E-state index contributed by atoms with van der Waals surface area (Å²) in [6.45, 7) is 2.70. The molecule has 3 heterocycles. The predicted molar refractivity (Wildman–Crippen MR) is 86.2 cm³/mol. The summed E-state index contributed by atoms with van der Waals surface area (Å²) in [5, 5.41) is 4.04. The predicted octanol–water partition coefficient (Wildman–Crippen LogP) is 0.0666. The number of anilines is 1. The van der Waals surface area contributed by atoms with E-state index in [0.29, 0.717) is 32.6 Å². The van der Waals surface area contributed by atoms with E-state index < -0.39 is 0 Å². The van der Waals surface area contributed by atoms with E-state index in [1.807, 2.05) is 17.0 Å². The highest BCUT2D eigenvalue weighted by Gasteiger charge is 2.21. The number of rotatable bonds is 3. The van der Waals surface area contributed by atoms with Gasteiger partial charge >= 0.3 is 0 Å². The molecule has 0 bridgehead atoms. The summed E-state index contributed by atoms with van der Waals surface area (Å²) in [5.74, 6) is 0.111. The summed E-state index contributed by atoms with van der Waals surface area (Å²) in [4.78, 5) is 32.0. The average molecular weight is 313 g/mol. The molecule has 23 heavy (non-hydrogen) atoms. The van der Waals surface area contributed by atoms with Gasteiger partial charge < -0.3 is 9.80 Å². The highest BCUT2D eigenvalue weighted by molar-refractivity contribution is 5.79. The molecule has 1 amide bonds. The van der Waals surface area contributed by atoms with Crippen LogP contribution >= 0.6 is 0 Å². The fourth-order valence-corrected chi connectivity index (χ4v) is 2.64. The first-order valence-corrected chi connectivity index (χ1v) is 7.58. The summed E-state index contributed by atoms with van der Waals surface area (Å²) < 4.78 is 1.30. The van der Waals surface area contributed by atoms with E-state index in [-0.39, 0.29) is 11.5 Å². The highest BCUT2D eigenvalue weighted by Crippen LogP contribution is 2.13. The Hall–Kier alpha value is -2.70. The zero-order valence-electron chi connectivity index (χ0n) is 13.1. The molecule has 1 aliphatic heterocycles.